The van der Waals surface area contributed by atoms with E-state index in [1.165, 1.54) is 30.3 Å². The number of methoxy groups -OCH3 is 1. The second-order valence-corrected chi connectivity index (χ2v) is 7.47. The Balaban J connectivity index is 1.50. The molecule has 3 aromatic carbocycles. The maximum Gasteiger partial charge on any atom is 0.387 e. The number of hydrogen-bond donors (Lipinski definition) is 2. The van der Waals surface area contributed by atoms with E-state index in [0.29, 0.717) is 12.1 Å². The van der Waals surface area contributed by atoms with Gasteiger partial charge < -0.3 is 24.8 Å². The number of alkyl halides is 2. The molecule has 3 rings (SSSR count). The van der Waals surface area contributed by atoms with Gasteiger partial charge in [0.25, 0.3) is 5.91 Å². The fourth-order valence-corrected chi connectivity index (χ4v) is 3.16. The van der Waals surface area contributed by atoms with Crippen LogP contribution in [0.15, 0.2) is 72.8 Å². The van der Waals surface area contributed by atoms with E-state index in [4.69, 9.17) is 9.47 Å². The maximum atomic E-state index is 12.5. The van der Waals surface area contributed by atoms with Crippen molar-refractivity contribution in [2.24, 2.45) is 0 Å². The molecule has 36 heavy (non-hydrogen) atoms. The van der Waals surface area contributed by atoms with Gasteiger partial charge in [-0.3, -0.25) is 9.59 Å². The Morgan fingerprint density at radius 3 is 2.17 bits per heavy atom. The smallest absolute Gasteiger partial charge is 0.387 e. The van der Waals surface area contributed by atoms with E-state index in [9.17, 15) is 23.2 Å². The van der Waals surface area contributed by atoms with Crippen molar-refractivity contribution in [2.75, 3.05) is 24.4 Å². The summed E-state index contributed by atoms with van der Waals surface area (Å²) < 4.78 is 38.8. The molecule has 0 heterocycles. The molecule has 0 spiro atoms. The van der Waals surface area contributed by atoms with Crippen LogP contribution in [0.5, 0.6) is 11.5 Å². The first kappa shape index (κ1) is 26.1. The summed E-state index contributed by atoms with van der Waals surface area (Å²) in [5, 5.41) is 5.18. The third-order valence-corrected chi connectivity index (χ3v) is 4.92. The Morgan fingerprint density at radius 1 is 0.833 bits per heavy atom. The first-order valence-electron chi connectivity index (χ1n) is 10.9. The maximum absolute atomic E-state index is 12.5. The average molecular weight is 498 g/mol. The van der Waals surface area contributed by atoms with Crippen LogP contribution >= 0.6 is 0 Å². The van der Waals surface area contributed by atoms with Crippen molar-refractivity contribution in [1.29, 1.82) is 0 Å². The molecule has 0 bridgehead atoms. The molecule has 0 aliphatic rings. The molecule has 8 nitrogen and oxygen atoms in total. The highest BCUT2D eigenvalue weighted by molar-refractivity contribution is 6.02. The minimum absolute atomic E-state index is 0.0583. The summed E-state index contributed by atoms with van der Waals surface area (Å²) in [4.78, 5) is 37.1. The molecule has 2 amide bonds. The first-order valence-corrected chi connectivity index (χ1v) is 10.9. The second kappa shape index (κ2) is 12.8. The first-order chi connectivity index (χ1) is 17.3. The van der Waals surface area contributed by atoms with Crippen molar-refractivity contribution in [1.82, 2.24) is 0 Å². The number of rotatable bonds is 11. The Kier molecular flexibility index (Phi) is 9.33. The van der Waals surface area contributed by atoms with E-state index in [1.807, 2.05) is 24.3 Å². The summed E-state index contributed by atoms with van der Waals surface area (Å²) in [5.41, 5.74) is 1.62. The molecule has 10 heteroatoms. The Hall–Kier alpha value is -4.47. The Bertz CT molecular complexity index is 1180. The van der Waals surface area contributed by atoms with Gasteiger partial charge >= 0.3 is 12.6 Å². The number of carbonyl (C=O) groups is 3. The summed E-state index contributed by atoms with van der Waals surface area (Å²) >= 11 is 0. The van der Waals surface area contributed by atoms with E-state index in [2.05, 4.69) is 15.4 Å². The highest BCUT2D eigenvalue weighted by Gasteiger charge is 2.16. The van der Waals surface area contributed by atoms with Gasteiger partial charge in [0.05, 0.1) is 18.4 Å². The third-order valence-electron chi connectivity index (χ3n) is 4.92. The predicted molar refractivity (Wildman–Crippen MR) is 128 cm³/mol. The molecule has 188 valence electrons. The van der Waals surface area contributed by atoms with Crippen LogP contribution in [-0.4, -0.2) is 38.1 Å². The van der Waals surface area contributed by atoms with Crippen molar-refractivity contribution >= 4 is 29.2 Å². The summed E-state index contributed by atoms with van der Waals surface area (Å²) in [7, 11) is 1.58. The summed E-state index contributed by atoms with van der Waals surface area (Å²) in [5.74, 6) is -1.05. The number of carbonyl (C=O) groups excluding carboxylic acids is 3. The molecular weight excluding hydrogens is 474 g/mol. The van der Waals surface area contributed by atoms with E-state index >= 15 is 0 Å². The number of esters is 1. The second-order valence-electron chi connectivity index (χ2n) is 7.47. The zero-order valence-corrected chi connectivity index (χ0v) is 19.3. The van der Waals surface area contributed by atoms with Crippen LogP contribution in [0.3, 0.4) is 0 Å². The molecule has 0 aliphatic carbocycles. The fourth-order valence-electron chi connectivity index (χ4n) is 3.16. The van der Waals surface area contributed by atoms with Gasteiger partial charge in [-0.15, -0.1) is 0 Å². The lowest BCUT2D eigenvalue weighted by molar-refractivity contribution is -0.119. The lowest BCUT2D eigenvalue weighted by atomic mass is 10.1. The van der Waals surface area contributed by atoms with E-state index in [-0.39, 0.29) is 29.3 Å². The number of amides is 2. The van der Waals surface area contributed by atoms with Crippen molar-refractivity contribution < 1.29 is 37.4 Å². The van der Waals surface area contributed by atoms with Gasteiger partial charge in [-0.25, -0.2) is 4.79 Å². The molecule has 0 saturated heterocycles. The van der Waals surface area contributed by atoms with Crippen molar-refractivity contribution in [2.45, 2.75) is 19.5 Å². The lowest BCUT2D eigenvalue weighted by Gasteiger charge is -2.11. The fraction of sp³-hybridized carbons (Fsp3) is 0.192. The van der Waals surface area contributed by atoms with E-state index in [0.717, 1.165) is 11.3 Å². The zero-order valence-electron chi connectivity index (χ0n) is 19.3. The molecule has 0 unspecified atom stereocenters. The predicted octanol–water partition coefficient (Wildman–Crippen LogP) is 4.66. The summed E-state index contributed by atoms with van der Waals surface area (Å²) in [6, 6.07) is 18.9. The van der Waals surface area contributed by atoms with Gasteiger partial charge in [0, 0.05) is 12.1 Å². The number of anilines is 2. The van der Waals surface area contributed by atoms with Crippen LogP contribution in [-0.2, 0) is 20.7 Å². The highest BCUT2D eigenvalue weighted by Crippen LogP contribution is 2.19. The Morgan fingerprint density at radius 2 is 1.50 bits per heavy atom. The van der Waals surface area contributed by atoms with Crippen LogP contribution in [0.1, 0.15) is 22.3 Å². The number of hydrogen-bond acceptors (Lipinski definition) is 6. The van der Waals surface area contributed by atoms with Gasteiger partial charge in [0.15, 0.2) is 6.61 Å². The molecule has 0 aliphatic heterocycles. The highest BCUT2D eigenvalue weighted by atomic mass is 19.3. The van der Waals surface area contributed by atoms with Crippen LogP contribution in [0, 0.1) is 0 Å². The molecule has 0 atom stereocenters. The summed E-state index contributed by atoms with van der Waals surface area (Å²) in [6.07, 6.45) is 0.692. The standard InChI is InChI=1S/C26H24F2N2O6/c1-34-19-11-6-17(7-12-19)8-15-23(31)30-22-5-3-2-4-21(22)25(33)35-16-24(32)29-18-9-13-20(14-10-18)36-26(27)28/h2-7,9-14,26H,8,15-16H2,1H3,(H,29,32)(H,30,31). The number of halogens is 2. The summed E-state index contributed by atoms with van der Waals surface area (Å²) in [6.45, 7) is -3.54. The van der Waals surface area contributed by atoms with Gasteiger partial charge in [0.2, 0.25) is 5.91 Å². The molecule has 3 aromatic rings. The van der Waals surface area contributed by atoms with Gasteiger partial charge in [0.1, 0.15) is 11.5 Å². The largest absolute Gasteiger partial charge is 0.497 e. The average Bonchev–Trinajstić information content (AvgIpc) is 2.87. The van der Waals surface area contributed by atoms with Crippen LogP contribution in [0.25, 0.3) is 0 Å². The number of ether oxygens (including phenoxy) is 3. The minimum atomic E-state index is -2.95. The third kappa shape index (κ3) is 8.08. The van der Waals surface area contributed by atoms with Crippen LogP contribution < -0.4 is 20.1 Å². The zero-order chi connectivity index (χ0) is 25.9. The Labute approximate surface area is 206 Å². The van der Waals surface area contributed by atoms with Crippen molar-refractivity contribution in [3.05, 3.63) is 83.9 Å². The van der Waals surface area contributed by atoms with Gasteiger partial charge in [-0.2, -0.15) is 8.78 Å². The molecule has 0 saturated carbocycles. The number of benzene rings is 3. The van der Waals surface area contributed by atoms with Crippen LogP contribution in [0.2, 0.25) is 0 Å². The van der Waals surface area contributed by atoms with Gasteiger partial charge in [-0.1, -0.05) is 24.3 Å². The lowest BCUT2D eigenvalue weighted by Crippen LogP contribution is -2.22. The molecule has 0 radical (unpaired) electrons. The number of nitrogens with one attached hydrogen (secondary N) is 2. The molecule has 0 fully saturated rings. The number of aryl methyl sites for hydroxylation is 1. The van der Waals surface area contributed by atoms with Crippen molar-refractivity contribution in [3.63, 3.8) is 0 Å². The molecule has 0 aromatic heterocycles. The molecular formula is C26H24F2N2O6. The normalized spacial score (nSPS) is 10.4. The van der Waals surface area contributed by atoms with E-state index < -0.39 is 25.1 Å². The van der Waals surface area contributed by atoms with Gasteiger partial charge in [-0.05, 0) is 60.5 Å². The topological polar surface area (TPSA) is 103 Å². The molecule has 2 N–H and O–H groups in total. The monoisotopic (exact) mass is 498 g/mol. The number of para-hydroxylation sites is 1. The van der Waals surface area contributed by atoms with Crippen molar-refractivity contribution in [3.8, 4) is 11.5 Å². The van der Waals surface area contributed by atoms with E-state index in [1.54, 1.807) is 25.3 Å². The SMILES string of the molecule is COc1ccc(CCC(=O)Nc2ccccc2C(=O)OCC(=O)Nc2ccc(OC(F)F)cc2)cc1. The van der Waals surface area contributed by atoms with Crippen LogP contribution in [0.4, 0.5) is 20.2 Å². The quantitative estimate of drug-likeness (QED) is 0.373. The minimum Gasteiger partial charge on any atom is -0.497 e.